The minimum absolute atomic E-state index is 0.155. The van der Waals surface area contributed by atoms with Crippen molar-refractivity contribution in [1.82, 2.24) is 5.32 Å². The molecule has 1 fully saturated rings. The van der Waals surface area contributed by atoms with E-state index in [1.807, 2.05) is 0 Å². The Bertz CT molecular complexity index is 417. The van der Waals surface area contributed by atoms with Crippen LogP contribution >= 0.6 is 23.2 Å². The molecular formula is C12H13Cl2NO2. The lowest BCUT2D eigenvalue weighted by Gasteiger charge is -2.10. The van der Waals surface area contributed by atoms with Gasteiger partial charge in [-0.1, -0.05) is 29.3 Å². The summed E-state index contributed by atoms with van der Waals surface area (Å²) >= 11 is 11.7. The van der Waals surface area contributed by atoms with Gasteiger partial charge in [-0.15, -0.1) is 0 Å². The van der Waals surface area contributed by atoms with Gasteiger partial charge in [-0.2, -0.15) is 0 Å². The lowest BCUT2D eigenvalue weighted by molar-refractivity contribution is -0.147. The molecule has 5 heteroatoms. The number of nitrogens with one attached hydrogen (secondary N) is 1. The minimum Gasteiger partial charge on any atom is -0.460 e. The van der Waals surface area contributed by atoms with E-state index in [9.17, 15) is 4.79 Å². The molecule has 1 heterocycles. The van der Waals surface area contributed by atoms with Gasteiger partial charge >= 0.3 is 5.97 Å². The summed E-state index contributed by atoms with van der Waals surface area (Å²) in [6.45, 7) is 1.11. The fraction of sp³-hybridized carbons (Fsp3) is 0.417. The molecule has 1 aromatic carbocycles. The first-order valence-corrected chi connectivity index (χ1v) is 6.26. The number of halogens is 2. The van der Waals surface area contributed by atoms with Crippen LogP contribution in [0.25, 0.3) is 0 Å². The van der Waals surface area contributed by atoms with Gasteiger partial charge < -0.3 is 10.1 Å². The standard InChI is InChI=1S/C12H13Cl2NO2/c13-9-4-3-8(6-10(9)14)7-17-12(16)11-2-1-5-15-11/h3-4,6,11,15H,1-2,5,7H2. The molecule has 17 heavy (non-hydrogen) atoms. The van der Waals surface area contributed by atoms with Gasteiger partial charge in [-0.3, -0.25) is 4.79 Å². The molecule has 0 aromatic heterocycles. The molecule has 0 aliphatic carbocycles. The summed E-state index contributed by atoms with van der Waals surface area (Å²) in [4.78, 5) is 11.6. The highest BCUT2D eigenvalue weighted by atomic mass is 35.5. The fourth-order valence-electron chi connectivity index (χ4n) is 1.77. The third-order valence-corrected chi connectivity index (χ3v) is 3.45. The number of ether oxygens (including phenoxy) is 1. The molecule has 1 aliphatic rings. The van der Waals surface area contributed by atoms with Crippen LogP contribution in [0.4, 0.5) is 0 Å². The molecule has 0 saturated carbocycles. The van der Waals surface area contributed by atoms with Gasteiger partial charge in [-0.05, 0) is 37.1 Å². The first-order valence-electron chi connectivity index (χ1n) is 5.51. The number of hydrogen-bond donors (Lipinski definition) is 1. The number of benzene rings is 1. The maximum Gasteiger partial charge on any atom is 0.323 e. The van der Waals surface area contributed by atoms with E-state index in [1.54, 1.807) is 18.2 Å². The molecule has 1 aromatic rings. The molecule has 0 bridgehead atoms. The van der Waals surface area contributed by atoms with Crippen molar-refractivity contribution in [2.45, 2.75) is 25.5 Å². The molecule has 1 saturated heterocycles. The molecule has 1 unspecified atom stereocenters. The van der Waals surface area contributed by atoms with Gasteiger partial charge in [0.2, 0.25) is 0 Å². The third-order valence-electron chi connectivity index (χ3n) is 2.71. The number of rotatable bonds is 3. The summed E-state index contributed by atoms with van der Waals surface area (Å²) in [5.41, 5.74) is 0.839. The maximum absolute atomic E-state index is 11.6. The van der Waals surface area contributed by atoms with Gasteiger partial charge in [0.05, 0.1) is 10.0 Å². The molecule has 1 aliphatic heterocycles. The summed E-state index contributed by atoms with van der Waals surface area (Å²) in [5.74, 6) is -0.200. The Morgan fingerprint density at radius 2 is 2.24 bits per heavy atom. The smallest absolute Gasteiger partial charge is 0.323 e. The van der Waals surface area contributed by atoms with Gasteiger partial charge in [0.15, 0.2) is 0 Å². The van der Waals surface area contributed by atoms with Gasteiger partial charge in [0.1, 0.15) is 12.6 Å². The van der Waals surface area contributed by atoms with Crippen molar-refractivity contribution in [1.29, 1.82) is 0 Å². The van der Waals surface area contributed by atoms with Crippen molar-refractivity contribution >= 4 is 29.2 Å². The van der Waals surface area contributed by atoms with Crippen LogP contribution in [-0.2, 0) is 16.1 Å². The van der Waals surface area contributed by atoms with Crippen molar-refractivity contribution in [3.05, 3.63) is 33.8 Å². The first kappa shape index (κ1) is 12.7. The van der Waals surface area contributed by atoms with E-state index in [0.29, 0.717) is 10.0 Å². The Morgan fingerprint density at radius 1 is 1.41 bits per heavy atom. The molecule has 0 radical (unpaired) electrons. The molecule has 1 N–H and O–H groups in total. The molecule has 0 spiro atoms. The predicted octanol–water partition coefficient (Wildman–Crippen LogP) is 2.79. The predicted molar refractivity (Wildman–Crippen MR) is 67.3 cm³/mol. The van der Waals surface area contributed by atoms with Crippen LogP contribution in [0.3, 0.4) is 0 Å². The van der Waals surface area contributed by atoms with E-state index in [0.717, 1.165) is 24.9 Å². The van der Waals surface area contributed by atoms with Crippen molar-refractivity contribution in [2.75, 3.05) is 6.54 Å². The number of esters is 1. The second-order valence-corrected chi connectivity index (χ2v) is 4.82. The Hall–Kier alpha value is -0.770. The maximum atomic E-state index is 11.6. The number of hydrogen-bond acceptors (Lipinski definition) is 3. The second-order valence-electron chi connectivity index (χ2n) is 4.01. The molecule has 0 amide bonds. The monoisotopic (exact) mass is 273 g/mol. The molecule has 2 rings (SSSR count). The SMILES string of the molecule is O=C(OCc1ccc(Cl)c(Cl)c1)C1CCCN1. The fourth-order valence-corrected chi connectivity index (χ4v) is 2.09. The first-order chi connectivity index (χ1) is 8.16. The van der Waals surface area contributed by atoms with Gasteiger partial charge in [0, 0.05) is 0 Å². The van der Waals surface area contributed by atoms with E-state index in [1.165, 1.54) is 0 Å². The minimum atomic E-state index is -0.200. The van der Waals surface area contributed by atoms with E-state index in [4.69, 9.17) is 27.9 Å². The highest BCUT2D eigenvalue weighted by Gasteiger charge is 2.23. The van der Waals surface area contributed by atoms with Crippen LogP contribution in [0.15, 0.2) is 18.2 Å². The second kappa shape index (κ2) is 5.71. The van der Waals surface area contributed by atoms with Crippen molar-refractivity contribution in [3.8, 4) is 0 Å². The summed E-state index contributed by atoms with van der Waals surface area (Å²) in [6, 6.07) is 5.04. The van der Waals surface area contributed by atoms with Crippen LogP contribution in [0.5, 0.6) is 0 Å². The highest BCUT2D eigenvalue weighted by Crippen LogP contribution is 2.23. The van der Waals surface area contributed by atoms with Gasteiger partial charge in [-0.25, -0.2) is 0 Å². The lowest BCUT2D eigenvalue weighted by atomic mass is 10.2. The Balaban J connectivity index is 1.88. The Labute approximate surface area is 110 Å². The van der Waals surface area contributed by atoms with Crippen LogP contribution in [0.2, 0.25) is 10.0 Å². The summed E-state index contributed by atoms with van der Waals surface area (Å²) in [6.07, 6.45) is 1.87. The normalized spacial score (nSPS) is 19.3. The van der Waals surface area contributed by atoms with Gasteiger partial charge in [0.25, 0.3) is 0 Å². The zero-order chi connectivity index (χ0) is 12.3. The zero-order valence-electron chi connectivity index (χ0n) is 9.21. The van der Waals surface area contributed by atoms with Crippen molar-refractivity contribution < 1.29 is 9.53 Å². The summed E-state index contributed by atoms with van der Waals surface area (Å²) in [5, 5.41) is 4.06. The third kappa shape index (κ3) is 3.35. The summed E-state index contributed by atoms with van der Waals surface area (Å²) < 4.78 is 5.20. The lowest BCUT2D eigenvalue weighted by Crippen LogP contribution is -2.32. The zero-order valence-corrected chi connectivity index (χ0v) is 10.7. The van der Waals surface area contributed by atoms with Crippen LogP contribution in [-0.4, -0.2) is 18.6 Å². The molecule has 92 valence electrons. The van der Waals surface area contributed by atoms with Crippen LogP contribution < -0.4 is 5.32 Å². The van der Waals surface area contributed by atoms with E-state index >= 15 is 0 Å². The highest BCUT2D eigenvalue weighted by molar-refractivity contribution is 6.42. The van der Waals surface area contributed by atoms with E-state index in [-0.39, 0.29) is 18.6 Å². The van der Waals surface area contributed by atoms with Crippen LogP contribution in [0, 0.1) is 0 Å². The van der Waals surface area contributed by atoms with Crippen molar-refractivity contribution in [2.24, 2.45) is 0 Å². The Kier molecular flexibility index (Phi) is 4.26. The van der Waals surface area contributed by atoms with Crippen LogP contribution in [0.1, 0.15) is 18.4 Å². The number of carbonyl (C=O) groups excluding carboxylic acids is 1. The Morgan fingerprint density at radius 3 is 2.88 bits per heavy atom. The largest absolute Gasteiger partial charge is 0.460 e. The average molecular weight is 274 g/mol. The van der Waals surface area contributed by atoms with Crippen molar-refractivity contribution in [3.63, 3.8) is 0 Å². The van der Waals surface area contributed by atoms with E-state index < -0.39 is 0 Å². The number of carbonyl (C=O) groups is 1. The molecule has 1 atom stereocenters. The van der Waals surface area contributed by atoms with E-state index in [2.05, 4.69) is 5.32 Å². The molecule has 3 nitrogen and oxygen atoms in total. The quantitative estimate of drug-likeness (QED) is 0.861. The topological polar surface area (TPSA) is 38.3 Å². The average Bonchev–Trinajstić information content (AvgIpc) is 2.84. The summed E-state index contributed by atoms with van der Waals surface area (Å²) in [7, 11) is 0. The molecular weight excluding hydrogens is 261 g/mol.